The molecule has 3 rings (SSSR count). The smallest absolute Gasteiger partial charge is 0.387 e. The number of fused-ring (bicyclic) bond motifs is 1. The van der Waals surface area contributed by atoms with E-state index >= 15 is 0 Å². The molecule has 0 amide bonds. The second-order valence-electron chi connectivity index (χ2n) is 11.1. The second kappa shape index (κ2) is 18.3. The van der Waals surface area contributed by atoms with Crippen LogP contribution in [0.15, 0.2) is 18.5 Å². The molecule has 242 valence electrons. The molecule has 0 aliphatic carbocycles. The molecule has 2 aromatic rings. The van der Waals surface area contributed by atoms with Crippen molar-refractivity contribution in [2.24, 2.45) is 0 Å². The number of aromatic nitrogens is 3. The maximum absolute atomic E-state index is 12.4. The van der Waals surface area contributed by atoms with Crippen LogP contribution < -0.4 is 5.73 Å². The van der Waals surface area contributed by atoms with E-state index in [1.54, 1.807) is 17.8 Å². The molecule has 0 aromatic carbocycles. The molecule has 0 saturated carbocycles. The molecule has 0 radical (unpaired) electrons. The Morgan fingerprint density at radius 3 is 2.33 bits per heavy atom. The molecule has 14 heteroatoms. The highest BCUT2D eigenvalue weighted by molar-refractivity contribution is 7.99. The first-order valence-corrected chi connectivity index (χ1v) is 18.1. The van der Waals surface area contributed by atoms with E-state index in [0.717, 1.165) is 11.5 Å². The largest absolute Gasteiger partial charge is 0.472 e. The SMILES string of the molecule is CCCCCCCCCCCCCCSCCCOP(=O)(O)OC[C@H]1O[C@@](C#N)(c2ccc3c(N)ncnn23)[C@H](O)[C@@H]1O. The molecular formula is C29H48N5O7PS. The van der Waals surface area contributed by atoms with Crippen molar-refractivity contribution in [2.75, 3.05) is 30.5 Å². The van der Waals surface area contributed by atoms with Crippen LogP contribution >= 0.6 is 19.6 Å². The van der Waals surface area contributed by atoms with E-state index < -0.39 is 38.3 Å². The molecule has 43 heavy (non-hydrogen) atoms. The number of anilines is 1. The number of aliphatic hydroxyl groups excluding tert-OH is 2. The van der Waals surface area contributed by atoms with Gasteiger partial charge in [-0.15, -0.1) is 0 Å². The first-order chi connectivity index (χ1) is 20.8. The number of hydrogen-bond acceptors (Lipinski definition) is 11. The Balaban J connectivity index is 1.28. The van der Waals surface area contributed by atoms with Gasteiger partial charge in [0, 0.05) is 0 Å². The van der Waals surface area contributed by atoms with E-state index in [2.05, 4.69) is 17.0 Å². The van der Waals surface area contributed by atoms with Crippen molar-refractivity contribution in [2.45, 2.75) is 114 Å². The molecule has 3 heterocycles. The van der Waals surface area contributed by atoms with E-state index in [-0.39, 0.29) is 18.1 Å². The summed E-state index contributed by atoms with van der Waals surface area (Å²) in [7, 11) is -4.44. The predicted octanol–water partition coefficient (Wildman–Crippen LogP) is 5.11. The molecule has 5 atom stereocenters. The highest BCUT2D eigenvalue weighted by Gasteiger charge is 2.58. The zero-order valence-electron chi connectivity index (χ0n) is 25.2. The summed E-state index contributed by atoms with van der Waals surface area (Å²) in [5.74, 6) is 2.02. The van der Waals surface area contributed by atoms with Crippen molar-refractivity contribution in [1.82, 2.24) is 14.6 Å². The Kier molecular flexibility index (Phi) is 15.2. The first kappa shape index (κ1) is 35.7. The standard InChI is InChI=1S/C29H48N5O7PS/c1-2-3-4-5-6-7-8-9-10-11-12-13-18-43-19-14-17-39-42(37,38)40-20-24-26(35)27(36)29(21-30,41-24)25-16-15-23-28(31)32-22-33-34(23)25/h15-16,22,24,26-27,35-36H,2-14,17-20H2,1H3,(H,37,38)(H2,31,32,33)/t24-,26-,27-,29+/m1/s1. The Bertz CT molecular complexity index is 1200. The molecule has 1 unspecified atom stereocenters. The van der Waals surface area contributed by atoms with Gasteiger partial charge in [-0.3, -0.25) is 9.05 Å². The first-order valence-electron chi connectivity index (χ1n) is 15.5. The van der Waals surface area contributed by atoms with Crippen LogP contribution in [0.3, 0.4) is 0 Å². The zero-order chi connectivity index (χ0) is 31.1. The lowest BCUT2D eigenvalue weighted by Crippen LogP contribution is -2.41. The Morgan fingerprint density at radius 1 is 1.05 bits per heavy atom. The van der Waals surface area contributed by atoms with E-state index in [9.17, 15) is 24.9 Å². The monoisotopic (exact) mass is 641 g/mol. The van der Waals surface area contributed by atoms with Gasteiger partial charge in [0.25, 0.3) is 0 Å². The Hall–Kier alpha value is -1.75. The fraction of sp³-hybridized carbons (Fsp3) is 0.759. The second-order valence-corrected chi connectivity index (χ2v) is 13.7. The minimum atomic E-state index is -4.44. The summed E-state index contributed by atoms with van der Waals surface area (Å²) < 4.78 is 29.6. The molecule has 1 aliphatic heterocycles. The third kappa shape index (κ3) is 10.4. The van der Waals surface area contributed by atoms with Crippen LogP contribution in [0.5, 0.6) is 0 Å². The summed E-state index contributed by atoms with van der Waals surface area (Å²) in [5, 5.41) is 35.4. The maximum Gasteiger partial charge on any atom is 0.472 e. The fourth-order valence-corrected chi connectivity index (χ4v) is 6.95. The quantitative estimate of drug-likeness (QED) is 0.0985. The molecular weight excluding hydrogens is 593 g/mol. The van der Waals surface area contributed by atoms with Crippen LogP contribution in [0.4, 0.5) is 5.82 Å². The number of nitriles is 1. The predicted molar refractivity (Wildman–Crippen MR) is 166 cm³/mol. The van der Waals surface area contributed by atoms with E-state index in [0.29, 0.717) is 11.9 Å². The molecule has 0 spiro atoms. The van der Waals surface area contributed by atoms with Crippen molar-refractivity contribution >= 4 is 30.9 Å². The number of thioether (sulfide) groups is 1. The highest BCUT2D eigenvalue weighted by atomic mass is 32.2. The molecule has 1 fully saturated rings. The van der Waals surface area contributed by atoms with Crippen molar-refractivity contribution < 1.29 is 33.5 Å². The lowest BCUT2D eigenvalue weighted by molar-refractivity contribution is -0.0642. The number of hydrogen-bond donors (Lipinski definition) is 4. The van der Waals surface area contributed by atoms with Crippen LogP contribution in [-0.2, 0) is 24.0 Å². The Labute approximate surface area is 258 Å². The molecule has 5 N–H and O–H groups in total. The van der Waals surface area contributed by atoms with E-state index in [1.807, 2.05) is 6.07 Å². The average Bonchev–Trinajstić information content (AvgIpc) is 3.54. The van der Waals surface area contributed by atoms with Crippen LogP contribution in [-0.4, -0.2) is 72.7 Å². The maximum atomic E-state index is 12.4. The molecule has 2 aromatic heterocycles. The minimum absolute atomic E-state index is 0.0370. The average molecular weight is 642 g/mol. The van der Waals surface area contributed by atoms with Gasteiger partial charge in [-0.25, -0.2) is 14.1 Å². The van der Waals surface area contributed by atoms with Gasteiger partial charge >= 0.3 is 7.82 Å². The third-order valence-corrected chi connectivity index (χ3v) is 9.86. The number of rotatable bonds is 22. The van der Waals surface area contributed by atoms with Gasteiger partial charge in [-0.2, -0.15) is 22.1 Å². The van der Waals surface area contributed by atoms with Crippen LogP contribution in [0.1, 0.15) is 96.1 Å². The van der Waals surface area contributed by atoms with Gasteiger partial charge < -0.3 is 25.6 Å². The molecule has 1 saturated heterocycles. The highest BCUT2D eigenvalue weighted by Crippen LogP contribution is 2.46. The van der Waals surface area contributed by atoms with Crippen molar-refractivity contribution in [3.63, 3.8) is 0 Å². The number of ether oxygens (including phenoxy) is 1. The van der Waals surface area contributed by atoms with Crippen LogP contribution in [0.25, 0.3) is 5.52 Å². The summed E-state index contributed by atoms with van der Waals surface area (Å²) in [6.07, 6.45) is 13.1. The topological polar surface area (TPSA) is 185 Å². The van der Waals surface area contributed by atoms with Gasteiger partial charge in [0.05, 0.1) is 18.9 Å². The normalized spacial score (nSPS) is 23.5. The number of nitrogens with zero attached hydrogens (tertiary/aromatic N) is 4. The minimum Gasteiger partial charge on any atom is -0.387 e. The summed E-state index contributed by atoms with van der Waals surface area (Å²) in [5.41, 5.74) is 4.34. The van der Waals surface area contributed by atoms with Crippen LogP contribution in [0.2, 0.25) is 0 Å². The number of phosphoric ester groups is 1. The van der Waals surface area contributed by atoms with Gasteiger partial charge in [0.2, 0.25) is 5.60 Å². The van der Waals surface area contributed by atoms with E-state index in [1.165, 1.54) is 94.0 Å². The number of aliphatic hydroxyl groups is 2. The van der Waals surface area contributed by atoms with Crippen molar-refractivity contribution in [3.05, 3.63) is 24.2 Å². The molecule has 12 nitrogen and oxygen atoms in total. The summed E-state index contributed by atoms with van der Waals surface area (Å²) in [6.45, 7) is 1.71. The lowest BCUT2D eigenvalue weighted by Gasteiger charge is -2.24. The number of nitrogens with two attached hydrogens (primary N) is 1. The van der Waals surface area contributed by atoms with Gasteiger partial charge in [0.15, 0.2) is 5.82 Å². The van der Waals surface area contributed by atoms with Gasteiger partial charge in [-0.1, -0.05) is 77.6 Å². The fourth-order valence-electron chi connectivity index (χ4n) is 5.24. The number of phosphoric acid groups is 1. The Morgan fingerprint density at radius 2 is 1.67 bits per heavy atom. The third-order valence-electron chi connectivity index (χ3n) is 7.72. The lowest BCUT2D eigenvalue weighted by atomic mass is 9.92. The number of unbranched alkanes of at least 4 members (excludes halogenated alkanes) is 11. The summed E-state index contributed by atoms with van der Waals surface area (Å²) >= 11 is 1.80. The van der Waals surface area contributed by atoms with Crippen molar-refractivity contribution in [1.29, 1.82) is 5.26 Å². The van der Waals surface area contributed by atoms with Crippen LogP contribution in [0, 0.1) is 11.3 Å². The molecule has 0 bridgehead atoms. The van der Waals surface area contributed by atoms with Gasteiger partial charge in [-0.05, 0) is 36.5 Å². The zero-order valence-corrected chi connectivity index (χ0v) is 26.9. The molecule has 1 aliphatic rings. The van der Waals surface area contributed by atoms with Gasteiger partial charge in [0.1, 0.15) is 36.2 Å². The summed E-state index contributed by atoms with van der Waals surface area (Å²) in [4.78, 5) is 14.0. The van der Waals surface area contributed by atoms with E-state index in [4.69, 9.17) is 19.5 Å². The van der Waals surface area contributed by atoms with Crippen molar-refractivity contribution in [3.8, 4) is 6.07 Å². The summed E-state index contributed by atoms with van der Waals surface area (Å²) in [6, 6.07) is 4.95. The number of nitrogen functional groups attached to an aromatic ring is 1.